The predicted molar refractivity (Wildman–Crippen MR) is 88.4 cm³/mol. The molecule has 1 N–H and O–H groups in total. The summed E-state index contributed by atoms with van der Waals surface area (Å²) in [6, 6.07) is 14.6. The zero-order chi connectivity index (χ0) is 14.4. The van der Waals surface area contributed by atoms with Gasteiger partial charge in [0.1, 0.15) is 5.75 Å². The predicted octanol–water partition coefficient (Wildman–Crippen LogP) is 5.16. The van der Waals surface area contributed by atoms with Crippen molar-refractivity contribution in [2.45, 2.75) is 26.8 Å². The van der Waals surface area contributed by atoms with Crippen molar-refractivity contribution < 1.29 is 4.74 Å². The molecule has 0 spiro atoms. The van der Waals surface area contributed by atoms with Crippen LogP contribution in [0.3, 0.4) is 0 Å². The van der Waals surface area contributed by atoms with Gasteiger partial charge in [-0.3, -0.25) is 0 Å². The lowest BCUT2D eigenvalue weighted by Crippen LogP contribution is -2.00. The fraction of sp³-hybridized carbons (Fsp3) is 0.294. The van der Waals surface area contributed by atoms with Gasteiger partial charge in [-0.15, -0.1) is 0 Å². The van der Waals surface area contributed by atoms with Crippen molar-refractivity contribution in [1.82, 2.24) is 0 Å². The summed E-state index contributed by atoms with van der Waals surface area (Å²) in [7, 11) is 0. The minimum absolute atomic E-state index is 0.772. The van der Waals surface area contributed by atoms with E-state index in [2.05, 4.69) is 65.4 Å². The third-order valence-corrected chi connectivity index (χ3v) is 3.66. The fourth-order valence-electron chi connectivity index (χ4n) is 1.88. The van der Waals surface area contributed by atoms with E-state index in [9.17, 15) is 0 Å². The number of halogens is 1. The van der Waals surface area contributed by atoms with Gasteiger partial charge in [0.15, 0.2) is 0 Å². The highest BCUT2D eigenvalue weighted by Crippen LogP contribution is 2.24. The van der Waals surface area contributed by atoms with Crippen molar-refractivity contribution >= 4 is 21.6 Å². The first-order chi connectivity index (χ1) is 9.69. The summed E-state index contributed by atoms with van der Waals surface area (Å²) in [5.74, 6) is 0.937. The van der Waals surface area contributed by atoms with Gasteiger partial charge in [-0.25, -0.2) is 0 Å². The van der Waals surface area contributed by atoms with Crippen LogP contribution in [0.15, 0.2) is 46.9 Å². The van der Waals surface area contributed by atoms with E-state index >= 15 is 0 Å². The molecule has 0 atom stereocenters. The van der Waals surface area contributed by atoms with Crippen LogP contribution in [-0.4, -0.2) is 6.61 Å². The number of rotatable bonds is 6. The van der Waals surface area contributed by atoms with Crippen LogP contribution in [0.2, 0.25) is 0 Å². The topological polar surface area (TPSA) is 21.3 Å². The zero-order valence-electron chi connectivity index (χ0n) is 11.9. The molecule has 0 aliphatic carbocycles. The zero-order valence-corrected chi connectivity index (χ0v) is 13.5. The molecular formula is C17H20BrNO. The van der Waals surface area contributed by atoms with Crippen LogP contribution in [0.1, 0.15) is 24.5 Å². The quantitative estimate of drug-likeness (QED) is 0.788. The first-order valence-electron chi connectivity index (χ1n) is 6.91. The van der Waals surface area contributed by atoms with E-state index in [-0.39, 0.29) is 0 Å². The maximum Gasteiger partial charge on any atom is 0.119 e. The van der Waals surface area contributed by atoms with Crippen LogP contribution in [0, 0.1) is 6.92 Å². The second-order valence-electron chi connectivity index (χ2n) is 4.83. The van der Waals surface area contributed by atoms with Gasteiger partial charge in [-0.2, -0.15) is 0 Å². The van der Waals surface area contributed by atoms with Crippen molar-refractivity contribution in [1.29, 1.82) is 0 Å². The third-order valence-electron chi connectivity index (χ3n) is 3.00. The Hall–Kier alpha value is -1.48. The standard InChI is InChI=1S/C17H20BrNO/c1-3-10-20-15-7-5-14(6-8-15)12-19-17-9-4-13(2)11-16(17)18/h4-9,11,19H,3,10,12H2,1-2H3. The first-order valence-corrected chi connectivity index (χ1v) is 7.70. The minimum atomic E-state index is 0.772. The van der Waals surface area contributed by atoms with Gasteiger partial charge < -0.3 is 10.1 Å². The van der Waals surface area contributed by atoms with E-state index in [1.54, 1.807) is 0 Å². The Morgan fingerprint density at radius 2 is 1.85 bits per heavy atom. The normalized spacial score (nSPS) is 10.3. The smallest absolute Gasteiger partial charge is 0.119 e. The molecule has 20 heavy (non-hydrogen) atoms. The molecule has 0 aromatic heterocycles. The average molecular weight is 334 g/mol. The molecule has 0 aliphatic rings. The van der Waals surface area contributed by atoms with Crippen LogP contribution in [0.25, 0.3) is 0 Å². The summed E-state index contributed by atoms with van der Waals surface area (Å²) >= 11 is 3.58. The molecule has 2 nitrogen and oxygen atoms in total. The van der Waals surface area contributed by atoms with Crippen LogP contribution >= 0.6 is 15.9 Å². The molecule has 0 aliphatic heterocycles. The summed E-state index contributed by atoms with van der Waals surface area (Å²) in [4.78, 5) is 0. The van der Waals surface area contributed by atoms with Gasteiger partial charge in [0.25, 0.3) is 0 Å². The molecule has 0 unspecified atom stereocenters. The molecule has 3 heteroatoms. The Bertz CT molecular complexity index is 551. The highest BCUT2D eigenvalue weighted by atomic mass is 79.9. The Balaban J connectivity index is 1.93. The van der Waals surface area contributed by atoms with Crippen molar-refractivity contribution in [3.8, 4) is 5.75 Å². The Morgan fingerprint density at radius 3 is 2.50 bits per heavy atom. The SMILES string of the molecule is CCCOc1ccc(CNc2ccc(C)cc2Br)cc1. The van der Waals surface area contributed by atoms with E-state index in [0.29, 0.717) is 0 Å². The molecule has 0 amide bonds. The summed E-state index contributed by atoms with van der Waals surface area (Å²) in [5.41, 5.74) is 3.60. The van der Waals surface area contributed by atoms with Gasteiger partial charge >= 0.3 is 0 Å². The molecule has 106 valence electrons. The maximum absolute atomic E-state index is 5.58. The van der Waals surface area contributed by atoms with Crippen LogP contribution in [0.5, 0.6) is 5.75 Å². The Labute approximate surface area is 129 Å². The summed E-state index contributed by atoms with van der Waals surface area (Å²) in [6.07, 6.45) is 1.03. The van der Waals surface area contributed by atoms with Crippen LogP contribution in [-0.2, 0) is 6.54 Å². The third kappa shape index (κ3) is 4.27. The molecule has 0 heterocycles. The molecule has 0 fully saturated rings. The summed E-state index contributed by atoms with van der Waals surface area (Å²) in [6.45, 7) is 5.77. The molecule has 0 radical (unpaired) electrons. The van der Waals surface area contributed by atoms with E-state index in [0.717, 1.165) is 35.5 Å². The number of aryl methyl sites for hydroxylation is 1. The lowest BCUT2D eigenvalue weighted by atomic mass is 10.2. The second-order valence-corrected chi connectivity index (χ2v) is 5.68. The van der Waals surface area contributed by atoms with Crippen LogP contribution in [0.4, 0.5) is 5.69 Å². The molecule has 2 aromatic rings. The molecule has 0 saturated heterocycles. The molecule has 2 rings (SSSR count). The lowest BCUT2D eigenvalue weighted by molar-refractivity contribution is 0.317. The minimum Gasteiger partial charge on any atom is -0.494 e. The first kappa shape index (κ1) is 14.9. The monoisotopic (exact) mass is 333 g/mol. The maximum atomic E-state index is 5.58. The van der Waals surface area contributed by atoms with Gasteiger partial charge in [0.2, 0.25) is 0 Å². The molecular weight excluding hydrogens is 314 g/mol. The molecule has 0 bridgehead atoms. The number of benzene rings is 2. The summed E-state index contributed by atoms with van der Waals surface area (Å²) in [5, 5.41) is 3.43. The van der Waals surface area contributed by atoms with Gasteiger partial charge in [0.05, 0.1) is 6.61 Å². The largest absolute Gasteiger partial charge is 0.494 e. The highest BCUT2D eigenvalue weighted by Gasteiger charge is 2.00. The van der Waals surface area contributed by atoms with E-state index in [1.165, 1.54) is 11.1 Å². The molecule has 2 aromatic carbocycles. The lowest BCUT2D eigenvalue weighted by Gasteiger charge is -2.10. The number of hydrogen-bond acceptors (Lipinski definition) is 2. The van der Waals surface area contributed by atoms with Crippen LogP contribution < -0.4 is 10.1 Å². The van der Waals surface area contributed by atoms with E-state index < -0.39 is 0 Å². The van der Waals surface area contributed by atoms with Crippen molar-refractivity contribution in [3.63, 3.8) is 0 Å². The van der Waals surface area contributed by atoms with Crippen molar-refractivity contribution in [3.05, 3.63) is 58.1 Å². The van der Waals surface area contributed by atoms with Gasteiger partial charge in [-0.1, -0.05) is 25.1 Å². The van der Waals surface area contributed by atoms with E-state index in [4.69, 9.17) is 4.74 Å². The Kier molecular flexibility index (Phi) is 5.48. The van der Waals surface area contributed by atoms with Crippen molar-refractivity contribution in [2.75, 3.05) is 11.9 Å². The summed E-state index contributed by atoms with van der Waals surface area (Å²) < 4.78 is 6.67. The van der Waals surface area contributed by atoms with E-state index in [1.807, 2.05) is 12.1 Å². The number of nitrogens with one attached hydrogen (secondary N) is 1. The Morgan fingerprint density at radius 1 is 1.10 bits per heavy atom. The number of ether oxygens (including phenoxy) is 1. The number of hydrogen-bond donors (Lipinski definition) is 1. The molecule has 0 saturated carbocycles. The fourth-order valence-corrected chi connectivity index (χ4v) is 2.52. The van der Waals surface area contributed by atoms with Gasteiger partial charge in [0, 0.05) is 16.7 Å². The van der Waals surface area contributed by atoms with Crippen molar-refractivity contribution in [2.24, 2.45) is 0 Å². The van der Waals surface area contributed by atoms with Gasteiger partial charge in [-0.05, 0) is 64.7 Å². The average Bonchev–Trinajstić information content (AvgIpc) is 2.45. The number of anilines is 1. The highest BCUT2D eigenvalue weighted by molar-refractivity contribution is 9.10. The second kappa shape index (κ2) is 7.34.